The van der Waals surface area contributed by atoms with Crippen molar-refractivity contribution < 1.29 is 9.90 Å². The smallest absolute Gasteiger partial charge is 0.335 e. The number of carbonyl (C=O) groups is 1. The van der Waals surface area contributed by atoms with Crippen LogP contribution >= 0.6 is 15.9 Å². The Morgan fingerprint density at radius 1 is 1.39 bits per heavy atom. The van der Waals surface area contributed by atoms with Crippen LogP contribution in [0.25, 0.3) is 0 Å². The summed E-state index contributed by atoms with van der Waals surface area (Å²) in [7, 11) is 0. The SMILES string of the molecule is Cc1nccc(Nc2ccc(C(=O)O)cc2Br)n1. The lowest BCUT2D eigenvalue weighted by Crippen LogP contribution is -1.99. The van der Waals surface area contributed by atoms with Gasteiger partial charge in [-0.1, -0.05) is 0 Å². The van der Waals surface area contributed by atoms with Gasteiger partial charge in [-0.05, 0) is 47.1 Å². The quantitative estimate of drug-likeness (QED) is 0.911. The molecule has 2 N–H and O–H groups in total. The molecule has 0 saturated heterocycles. The number of hydrogen-bond acceptors (Lipinski definition) is 4. The Bertz CT molecular complexity index is 602. The highest BCUT2D eigenvalue weighted by molar-refractivity contribution is 9.10. The summed E-state index contributed by atoms with van der Waals surface area (Å²) in [6.45, 7) is 1.80. The highest BCUT2D eigenvalue weighted by Gasteiger charge is 2.07. The predicted octanol–water partition coefficient (Wildman–Crippen LogP) is 2.99. The number of halogens is 1. The minimum Gasteiger partial charge on any atom is -0.478 e. The Morgan fingerprint density at radius 2 is 2.17 bits per heavy atom. The summed E-state index contributed by atoms with van der Waals surface area (Å²) in [6, 6.07) is 6.50. The van der Waals surface area contributed by atoms with Crippen LogP contribution in [0.1, 0.15) is 16.2 Å². The van der Waals surface area contributed by atoms with Crippen LogP contribution in [-0.2, 0) is 0 Å². The third-order valence-electron chi connectivity index (χ3n) is 2.25. The summed E-state index contributed by atoms with van der Waals surface area (Å²) < 4.78 is 0.665. The Balaban J connectivity index is 2.27. The maximum absolute atomic E-state index is 10.8. The molecule has 0 amide bonds. The number of rotatable bonds is 3. The molecule has 0 aliphatic heterocycles. The van der Waals surface area contributed by atoms with E-state index in [1.54, 1.807) is 31.3 Å². The molecule has 92 valence electrons. The largest absolute Gasteiger partial charge is 0.478 e. The molecule has 2 rings (SSSR count). The molecule has 0 aliphatic carbocycles. The van der Waals surface area contributed by atoms with Gasteiger partial charge in [0.1, 0.15) is 11.6 Å². The molecule has 0 spiro atoms. The lowest BCUT2D eigenvalue weighted by atomic mass is 10.2. The Labute approximate surface area is 112 Å². The van der Waals surface area contributed by atoms with Gasteiger partial charge < -0.3 is 10.4 Å². The van der Waals surface area contributed by atoms with Gasteiger partial charge in [0.2, 0.25) is 0 Å². The lowest BCUT2D eigenvalue weighted by molar-refractivity contribution is 0.0697. The zero-order chi connectivity index (χ0) is 13.1. The van der Waals surface area contributed by atoms with E-state index in [1.165, 1.54) is 6.07 Å². The average molecular weight is 308 g/mol. The average Bonchev–Trinajstić information content (AvgIpc) is 2.31. The van der Waals surface area contributed by atoms with Gasteiger partial charge in [0.05, 0.1) is 11.3 Å². The van der Waals surface area contributed by atoms with Crippen molar-refractivity contribution in [2.75, 3.05) is 5.32 Å². The van der Waals surface area contributed by atoms with E-state index in [0.717, 1.165) is 5.69 Å². The second-order valence-corrected chi connectivity index (χ2v) is 4.47. The fraction of sp³-hybridized carbons (Fsp3) is 0.0833. The minimum atomic E-state index is -0.958. The fourth-order valence-electron chi connectivity index (χ4n) is 1.41. The third-order valence-corrected chi connectivity index (χ3v) is 2.91. The van der Waals surface area contributed by atoms with Crippen LogP contribution in [-0.4, -0.2) is 21.0 Å². The van der Waals surface area contributed by atoms with E-state index in [-0.39, 0.29) is 5.56 Å². The highest BCUT2D eigenvalue weighted by atomic mass is 79.9. The molecule has 18 heavy (non-hydrogen) atoms. The van der Waals surface area contributed by atoms with Gasteiger partial charge in [0.15, 0.2) is 0 Å². The van der Waals surface area contributed by atoms with Gasteiger partial charge in [-0.25, -0.2) is 14.8 Å². The molecule has 0 radical (unpaired) electrons. The van der Waals surface area contributed by atoms with Crippen LogP contribution in [0.15, 0.2) is 34.9 Å². The molecule has 0 unspecified atom stereocenters. The molecule has 0 atom stereocenters. The number of carboxylic acid groups (broad SMARTS) is 1. The topological polar surface area (TPSA) is 75.1 Å². The summed E-state index contributed by atoms with van der Waals surface area (Å²) in [4.78, 5) is 19.0. The lowest BCUT2D eigenvalue weighted by Gasteiger charge is -2.08. The first-order valence-corrected chi connectivity index (χ1v) is 5.95. The number of carboxylic acids is 1. The van der Waals surface area contributed by atoms with E-state index in [2.05, 4.69) is 31.2 Å². The zero-order valence-electron chi connectivity index (χ0n) is 9.51. The molecule has 0 saturated carbocycles. The molecular formula is C12H10BrN3O2. The van der Waals surface area contributed by atoms with E-state index in [1.807, 2.05) is 0 Å². The Morgan fingerprint density at radius 3 is 2.78 bits per heavy atom. The number of anilines is 2. The van der Waals surface area contributed by atoms with E-state index in [9.17, 15) is 4.79 Å². The molecule has 1 aromatic carbocycles. The van der Waals surface area contributed by atoms with Crippen molar-refractivity contribution in [1.29, 1.82) is 0 Å². The fourth-order valence-corrected chi connectivity index (χ4v) is 1.89. The standard InChI is InChI=1S/C12H10BrN3O2/c1-7-14-5-4-11(15-7)16-10-3-2-8(12(17)18)6-9(10)13/h2-6H,1H3,(H,17,18)(H,14,15,16). The van der Waals surface area contributed by atoms with Crippen LogP contribution in [0.4, 0.5) is 11.5 Å². The van der Waals surface area contributed by atoms with Crippen LogP contribution in [0.3, 0.4) is 0 Å². The van der Waals surface area contributed by atoms with Crippen molar-refractivity contribution in [2.24, 2.45) is 0 Å². The molecule has 0 bridgehead atoms. The van der Waals surface area contributed by atoms with Crippen molar-refractivity contribution in [1.82, 2.24) is 9.97 Å². The van der Waals surface area contributed by atoms with Gasteiger partial charge >= 0.3 is 5.97 Å². The second-order valence-electron chi connectivity index (χ2n) is 3.61. The predicted molar refractivity (Wildman–Crippen MR) is 71.2 cm³/mol. The maximum Gasteiger partial charge on any atom is 0.335 e. The first kappa shape index (κ1) is 12.5. The van der Waals surface area contributed by atoms with E-state index in [0.29, 0.717) is 16.1 Å². The first-order chi connectivity index (χ1) is 8.56. The summed E-state index contributed by atoms with van der Waals surface area (Å²) in [5.41, 5.74) is 0.976. The Hall–Kier alpha value is -1.95. The van der Waals surface area contributed by atoms with Crippen LogP contribution in [0.5, 0.6) is 0 Å². The zero-order valence-corrected chi connectivity index (χ0v) is 11.1. The van der Waals surface area contributed by atoms with Crippen molar-refractivity contribution >= 4 is 33.4 Å². The van der Waals surface area contributed by atoms with Gasteiger partial charge in [-0.2, -0.15) is 0 Å². The number of aromatic carboxylic acids is 1. The number of benzene rings is 1. The third kappa shape index (κ3) is 2.84. The highest BCUT2D eigenvalue weighted by Crippen LogP contribution is 2.26. The van der Waals surface area contributed by atoms with Crippen LogP contribution < -0.4 is 5.32 Å². The van der Waals surface area contributed by atoms with E-state index in [4.69, 9.17) is 5.11 Å². The molecular weight excluding hydrogens is 298 g/mol. The summed E-state index contributed by atoms with van der Waals surface area (Å²) in [5.74, 6) is 0.365. The molecule has 2 aromatic rings. The molecule has 5 nitrogen and oxygen atoms in total. The normalized spacial score (nSPS) is 10.1. The number of aromatic nitrogens is 2. The van der Waals surface area contributed by atoms with Crippen molar-refractivity contribution in [3.05, 3.63) is 46.3 Å². The monoisotopic (exact) mass is 307 g/mol. The molecule has 0 fully saturated rings. The van der Waals surface area contributed by atoms with E-state index >= 15 is 0 Å². The maximum atomic E-state index is 10.8. The molecule has 0 aliphatic rings. The second kappa shape index (κ2) is 5.14. The first-order valence-electron chi connectivity index (χ1n) is 5.16. The number of hydrogen-bond donors (Lipinski definition) is 2. The molecule has 6 heteroatoms. The number of nitrogens with zero attached hydrogens (tertiary/aromatic N) is 2. The van der Waals surface area contributed by atoms with Gasteiger partial charge in [0, 0.05) is 10.7 Å². The van der Waals surface area contributed by atoms with Crippen LogP contribution in [0, 0.1) is 6.92 Å². The number of aryl methyl sites for hydroxylation is 1. The van der Waals surface area contributed by atoms with Gasteiger partial charge in [0.25, 0.3) is 0 Å². The summed E-state index contributed by atoms with van der Waals surface area (Å²) in [6.07, 6.45) is 1.66. The minimum absolute atomic E-state index is 0.228. The van der Waals surface area contributed by atoms with Crippen molar-refractivity contribution in [3.63, 3.8) is 0 Å². The van der Waals surface area contributed by atoms with E-state index < -0.39 is 5.97 Å². The van der Waals surface area contributed by atoms with Crippen molar-refractivity contribution in [3.8, 4) is 0 Å². The Kier molecular flexibility index (Phi) is 3.57. The van der Waals surface area contributed by atoms with Crippen molar-refractivity contribution in [2.45, 2.75) is 6.92 Å². The van der Waals surface area contributed by atoms with Gasteiger partial charge in [-0.3, -0.25) is 0 Å². The molecule has 1 heterocycles. The number of nitrogens with one attached hydrogen (secondary N) is 1. The summed E-state index contributed by atoms with van der Waals surface area (Å²) in [5, 5.41) is 12.0. The molecule has 1 aromatic heterocycles. The summed E-state index contributed by atoms with van der Waals surface area (Å²) >= 11 is 3.32. The van der Waals surface area contributed by atoms with Crippen LogP contribution in [0.2, 0.25) is 0 Å². The van der Waals surface area contributed by atoms with Gasteiger partial charge in [-0.15, -0.1) is 0 Å².